The van der Waals surface area contributed by atoms with Gasteiger partial charge in [0.05, 0.1) is 0 Å². The molecule has 5 nitrogen and oxygen atoms in total. The van der Waals surface area contributed by atoms with Crippen molar-refractivity contribution < 1.29 is 9.59 Å². The summed E-state index contributed by atoms with van der Waals surface area (Å²) in [6.07, 6.45) is 4.40. The molecule has 2 heterocycles. The Morgan fingerprint density at radius 1 is 1.26 bits per heavy atom. The van der Waals surface area contributed by atoms with Crippen LogP contribution in [0.25, 0.3) is 0 Å². The van der Waals surface area contributed by atoms with Crippen LogP contribution in [0, 0.1) is 5.92 Å². The lowest BCUT2D eigenvalue weighted by atomic mass is 9.99. The summed E-state index contributed by atoms with van der Waals surface area (Å²) in [7, 11) is 0. The van der Waals surface area contributed by atoms with E-state index in [0.717, 1.165) is 31.5 Å². The number of rotatable bonds is 5. The van der Waals surface area contributed by atoms with Crippen LogP contribution in [0.5, 0.6) is 0 Å². The summed E-state index contributed by atoms with van der Waals surface area (Å²) in [4.78, 5) is 31.1. The number of benzene rings is 1. The quantitative estimate of drug-likeness (QED) is 0.855. The zero-order chi connectivity index (χ0) is 19.2. The molecule has 1 aromatic carbocycles. The average molecular weight is 386 g/mol. The first-order valence-corrected chi connectivity index (χ1v) is 9.68. The highest BCUT2D eigenvalue weighted by molar-refractivity contribution is 6.30. The molecule has 0 saturated carbocycles. The molecule has 1 aromatic heterocycles. The minimum atomic E-state index is -0.273. The van der Waals surface area contributed by atoms with Crippen LogP contribution in [0.1, 0.15) is 46.2 Å². The molecule has 1 aliphatic rings. The number of carbonyl (C=O) groups excluding carboxylic acids is 2. The van der Waals surface area contributed by atoms with E-state index in [9.17, 15) is 9.59 Å². The van der Waals surface area contributed by atoms with Crippen molar-refractivity contribution in [2.24, 2.45) is 5.92 Å². The van der Waals surface area contributed by atoms with Gasteiger partial charge in [0.25, 0.3) is 11.8 Å². The Hall–Kier alpha value is -2.40. The van der Waals surface area contributed by atoms with Crippen molar-refractivity contribution in [1.82, 2.24) is 15.2 Å². The zero-order valence-electron chi connectivity index (χ0n) is 15.5. The molecule has 6 heteroatoms. The lowest BCUT2D eigenvalue weighted by Gasteiger charge is -2.31. The van der Waals surface area contributed by atoms with Gasteiger partial charge in [0.1, 0.15) is 5.69 Å². The molecule has 2 amide bonds. The Labute approximate surface area is 164 Å². The average Bonchev–Trinajstić information content (AvgIpc) is 2.69. The summed E-state index contributed by atoms with van der Waals surface area (Å²) in [5.41, 5.74) is 1.87. The van der Waals surface area contributed by atoms with Crippen LogP contribution in [0.15, 0.2) is 42.6 Å². The van der Waals surface area contributed by atoms with Gasteiger partial charge in [-0.1, -0.05) is 30.7 Å². The second-order valence-corrected chi connectivity index (χ2v) is 7.50. The molecule has 0 bridgehead atoms. The summed E-state index contributed by atoms with van der Waals surface area (Å²) in [5.74, 6) is 0.213. The van der Waals surface area contributed by atoms with E-state index in [1.165, 1.54) is 6.20 Å². The van der Waals surface area contributed by atoms with Gasteiger partial charge in [-0.25, -0.2) is 0 Å². The Kier molecular flexibility index (Phi) is 6.45. The Morgan fingerprint density at radius 3 is 2.78 bits per heavy atom. The summed E-state index contributed by atoms with van der Waals surface area (Å²) in [5, 5.41) is 3.55. The van der Waals surface area contributed by atoms with Crippen LogP contribution in [0.2, 0.25) is 5.02 Å². The van der Waals surface area contributed by atoms with Crippen LogP contribution >= 0.6 is 11.6 Å². The molecule has 0 aliphatic carbocycles. The van der Waals surface area contributed by atoms with E-state index in [1.807, 2.05) is 29.2 Å². The Balaban J connectivity index is 1.58. The molecular formula is C21H24ClN3O2. The number of carbonyl (C=O) groups is 2. The molecule has 0 radical (unpaired) electrons. The van der Waals surface area contributed by atoms with Gasteiger partial charge in [0, 0.05) is 36.4 Å². The summed E-state index contributed by atoms with van der Waals surface area (Å²) in [6.45, 7) is 4.19. The maximum absolute atomic E-state index is 12.7. The first kappa shape index (κ1) is 19.4. The molecular weight excluding hydrogens is 362 g/mol. The summed E-state index contributed by atoms with van der Waals surface area (Å²) < 4.78 is 0. The molecule has 0 spiro atoms. The highest BCUT2D eigenvalue weighted by Crippen LogP contribution is 2.18. The maximum Gasteiger partial charge on any atom is 0.269 e. The fourth-order valence-electron chi connectivity index (χ4n) is 3.31. The molecule has 1 atom stereocenters. The van der Waals surface area contributed by atoms with Crippen molar-refractivity contribution in [2.75, 3.05) is 19.6 Å². The van der Waals surface area contributed by atoms with Gasteiger partial charge in [-0.15, -0.1) is 0 Å². The Bertz CT molecular complexity index is 807. The van der Waals surface area contributed by atoms with E-state index in [-0.39, 0.29) is 17.5 Å². The standard InChI is InChI=1S/C21H24ClN3O2/c1-15-3-2-12-25(14-15)21(27)17-9-11-23-19(13-17)20(26)24-10-8-16-4-6-18(22)7-5-16/h4-7,9,11,13,15H,2-3,8,10,12,14H2,1H3,(H,24,26). The molecule has 3 rings (SSSR count). The van der Waals surface area contributed by atoms with Crippen LogP contribution in [0.3, 0.4) is 0 Å². The van der Waals surface area contributed by atoms with Crippen molar-refractivity contribution in [3.05, 3.63) is 64.4 Å². The fraction of sp³-hybridized carbons (Fsp3) is 0.381. The van der Waals surface area contributed by atoms with Crippen LogP contribution < -0.4 is 5.32 Å². The van der Waals surface area contributed by atoms with E-state index in [2.05, 4.69) is 17.2 Å². The third-order valence-electron chi connectivity index (χ3n) is 4.80. The highest BCUT2D eigenvalue weighted by atomic mass is 35.5. The minimum absolute atomic E-state index is 0.0286. The smallest absolute Gasteiger partial charge is 0.269 e. The second-order valence-electron chi connectivity index (χ2n) is 7.06. The van der Waals surface area contributed by atoms with Crippen molar-refractivity contribution in [3.8, 4) is 0 Å². The first-order chi connectivity index (χ1) is 13.0. The third-order valence-corrected chi connectivity index (χ3v) is 5.05. The van der Waals surface area contributed by atoms with E-state index in [0.29, 0.717) is 29.5 Å². The molecule has 1 fully saturated rings. The second kappa shape index (κ2) is 9.00. The minimum Gasteiger partial charge on any atom is -0.350 e. The first-order valence-electron chi connectivity index (χ1n) is 9.31. The molecule has 2 aromatic rings. The predicted molar refractivity (Wildman–Crippen MR) is 106 cm³/mol. The molecule has 1 aliphatic heterocycles. The van der Waals surface area contributed by atoms with E-state index in [1.54, 1.807) is 12.1 Å². The topological polar surface area (TPSA) is 62.3 Å². The number of hydrogen-bond donors (Lipinski definition) is 1. The van der Waals surface area contributed by atoms with Crippen LogP contribution in [-0.4, -0.2) is 41.3 Å². The van der Waals surface area contributed by atoms with Gasteiger partial charge in [-0.3, -0.25) is 14.6 Å². The fourth-order valence-corrected chi connectivity index (χ4v) is 3.43. The third kappa shape index (κ3) is 5.30. The lowest BCUT2D eigenvalue weighted by molar-refractivity contribution is 0.0683. The number of halogens is 1. The maximum atomic E-state index is 12.7. The van der Waals surface area contributed by atoms with Crippen molar-refractivity contribution in [2.45, 2.75) is 26.2 Å². The molecule has 1 N–H and O–H groups in total. The lowest BCUT2D eigenvalue weighted by Crippen LogP contribution is -2.39. The summed E-state index contributed by atoms with van der Waals surface area (Å²) >= 11 is 5.87. The van der Waals surface area contributed by atoms with Gasteiger partial charge < -0.3 is 10.2 Å². The number of hydrogen-bond acceptors (Lipinski definition) is 3. The highest BCUT2D eigenvalue weighted by Gasteiger charge is 2.22. The Morgan fingerprint density at radius 2 is 2.04 bits per heavy atom. The van der Waals surface area contributed by atoms with Crippen molar-refractivity contribution in [1.29, 1.82) is 0 Å². The number of aromatic nitrogens is 1. The van der Waals surface area contributed by atoms with E-state index in [4.69, 9.17) is 11.6 Å². The van der Waals surface area contributed by atoms with Gasteiger partial charge in [-0.05, 0) is 55.0 Å². The SMILES string of the molecule is CC1CCCN(C(=O)c2ccnc(C(=O)NCCc3ccc(Cl)cc3)c2)C1. The van der Waals surface area contributed by atoms with E-state index >= 15 is 0 Å². The van der Waals surface area contributed by atoms with Gasteiger partial charge >= 0.3 is 0 Å². The summed E-state index contributed by atoms with van der Waals surface area (Å²) in [6, 6.07) is 10.8. The molecule has 1 unspecified atom stereocenters. The largest absolute Gasteiger partial charge is 0.350 e. The number of amides is 2. The number of piperidine rings is 1. The van der Waals surface area contributed by atoms with Crippen molar-refractivity contribution in [3.63, 3.8) is 0 Å². The number of nitrogens with one attached hydrogen (secondary N) is 1. The predicted octanol–water partition coefficient (Wildman–Crippen LogP) is 3.58. The molecule has 1 saturated heterocycles. The van der Waals surface area contributed by atoms with Crippen LogP contribution in [0.4, 0.5) is 0 Å². The molecule has 27 heavy (non-hydrogen) atoms. The number of likely N-dealkylation sites (tertiary alicyclic amines) is 1. The van der Waals surface area contributed by atoms with Gasteiger partial charge in [-0.2, -0.15) is 0 Å². The normalized spacial score (nSPS) is 16.8. The number of pyridine rings is 1. The van der Waals surface area contributed by atoms with E-state index < -0.39 is 0 Å². The van der Waals surface area contributed by atoms with Gasteiger partial charge in [0.15, 0.2) is 0 Å². The molecule has 142 valence electrons. The van der Waals surface area contributed by atoms with Crippen molar-refractivity contribution >= 4 is 23.4 Å². The monoisotopic (exact) mass is 385 g/mol. The van der Waals surface area contributed by atoms with Gasteiger partial charge in [0.2, 0.25) is 0 Å². The zero-order valence-corrected chi connectivity index (χ0v) is 16.2. The number of nitrogens with zero attached hydrogens (tertiary/aromatic N) is 2. The van der Waals surface area contributed by atoms with Crippen LogP contribution in [-0.2, 0) is 6.42 Å².